The van der Waals surface area contributed by atoms with E-state index in [9.17, 15) is 9.90 Å². The Balaban J connectivity index is 2.28. The van der Waals surface area contributed by atoms with Crippen LogP contribution in [0.25, 0.3) is 0 Å². The molecule has 0 bridgehead atoms. The normalized spacial score (nSPS) is 12.6. The molecule has 2 rings (SSSR count). The maximum atomic E-state index is 11.7. The van der Waals surface area contributed by atoms with Gasteiger partial charge in [-0.3, -0.25) is 0 Å². The number of carboxylic acid groups (broad SMARTS) is 1. The van der Waals surface area contributed by atoms with Crippen molar-refractivity contribution in [1.29, 1.82) is 0 Å². The number of anilines is 1. The van der Waals surface area contributed by atoms with Crippen LogP contribution in [-0.4, -0.2) is 34.2 Å². The summed E-state index contributed by atoms with van der Waals surface area (Å²) in [5.41, 5.74) is 1.41. The molecule has 1 heterocycles. The Kier molecular flexibility index (Phi) is 6.09. The summed E-state index contributed by atoms with van der Waals surface area (Å²) in [6.45, 7) is 6.39. The van der Waals surface area contributed by atoms with Gasteiger partial charge in [0.1, 0.15) is 17.7 Å². The van der Waals surface area contributed by atoms with Gasteiger partial charge in [0.15, 0.2) is 0 Å². The van der Waals surface area contributed by atoms with E-state index in [4.69, 9.17) is 4.74 Å². The summed E-state index contributed by atoms with van der Waals surface area (Å²) in [6, 6.07) is 10.5. The average molecular weight is 343 g/mol. The van der Waals surface area contributed by atoms with Gasteiger partial charge < -0.3 is 15.2 Å². The summed E-state index contributed by atoms with van der Waals surface area (Å²) in [6.07, 6.45) is 0.366. The van der Waals surface area contributed by atoms with E-state index in [2.05, 4.69) is 15.3 Å². The summed E-state index contributed by atoms with van der Waals surface area (Å²) in [5.74, 6) is 0.219. The molecule has 6 nitrogen and oxygen atoms in total. The zero-order chi connectivity index (χ0) is 18.4. The summed E-state index contributed by atoms with van der Waals surface area (Å²) < 4.78 is 5.16. The molecule has 0 radical (unpaired) electrons. The van der Waals surface area contributed by atoms with Crippen molar-refractivity contribution in [2.45, 2.75) is 45.3 Å². The SMILES string of the molecule is COCc1cc(N[C@@H](Cc2ccccc2)C(=O)O)nc(C(C)(C)C)n1. The van der Waals surface area contributed by atoms with Crippen LogP contribution < -0.4 is 5.32 Å². The fourth-order valence-electron chi connectivity index (χ4n) is 2.36. The van der Waals surface area contributed by atoms with Crippen LogP contribution >= 0.6 is 0 Å². The van der Waals surface area contributed by atoms with Gasteiger partial charge in [0, 0.05) is 25.0 Å². The van der Waals surface area contributed by atoms with E-state index >= 15 is 0 Å². The van der Waals surface area contributed by atoms with Crippen LogP contribution in [0, 0.1) is 0 Å². The minimum atomic E-state index is -0.923. The van der Waals surface area contributed by atoms with Crippen molar-refractivity contribution in [3.63, 3.8) is 0 Å². The van der Waals surface area contributed by atoms with Crippen molar-refractivity contribution < 1.29 is 14.6 Å². The molecule has 0 aliphatic carbocycles. The fraction of sp³-hybridized carbons (Fsp3) is 0.421. The highest BCUT2D eigenvalue weighted by molar-refractivity contribution is 5.77. The van der Waals surface area contributed by atoms with Gasteiger partial charge in [-0.2, -0.15) is 0 Å². The van der Waals surface area contributed by atoms with E-state index in [0.29, 0.717) is 30.4 Å². The molecule has 1 aromatic heterocycles. The number of hydrogen-bond acceptors (Lipinski definition) is 5. The van der Waals surface area contributed by atoms with Crippen molar-refractivity contribution in [2.24, 2.45) is 0 Å². The predicted octanol–water partition coefficient (Wildman–Crippen LogP) is 3.03. The topological polar surface area (TPSA) is 84.3 Å². The van der Waals surface area contributed by atoms with Crippen LogP contribution in [-0.2, 0) is 28.0 Å². The molecule has 0 saturated heterocycles. The number of ether oxygens (including phenoxy) is 1. The first-order chi connectivity index (χ1) is 11.8. The maximum Gasteiger partial charge on any atom is 0.326 e. The third-order valence-corrected chi connectivity index (χ3v) is 3.65. The Hall–Kier alpha value is -2.47. The van der Waals surface area contributed by atoms with Crippen molar-refractivity contribution in [2.75, 3.05) is 12.4 Å². The molecule has 6 heteroatoms. The number of hydrogen-bond donors (Lipinski definition) is 2. The van der Waals surface area contributed by atoms with Crippen molar-refractivity contribution in [1.82, 2.24) is 9.97 Å². The summed E-state index contributed by atoms with van der Waals surface area (Å²) in [4.78, 5) is 20.7. The maximum absolute atomic E-state index is 11.7. The van der Waals surface area contributed by atoms with Crippen molar-refractivity contribution in [3.8, 4) is 0 Å². The number of methoxy groups -OCH3 is 1. The number of carbonyl (C=O) groups is 1. The molecular formula is C19H25N3O3. The monoisotopic (exact) mass is 343 g/mol. The second-order valence-corrected chi connectivity index (χ2v) is 6.98. The van der Waals surface area contributed by atoms with Gasteiger partial charge in [0.25, 0.3) is 0 Å². The second-order valence-electron chi connectivity index (χ2n) is 6.98. The van der Waals surface area contributed by atoms with E-state index in [-0.39, 0.29) is 5.41 Å². The van der Waals surface area contributed by atoms with E-state index in [1.165, 1.54) is 0 Å². The molecule has 0 aliphatic rings. The fourth-order valence-corrected chi connectivity index (χ4v) is 2.36. The molecule has 134 valence electrons. The van der Waals surface area contributed by atoms with Gasteiger partial charge in [-0.05, 0) is 5.56 Å². The van der Waals surface area contributed by atoms with E-state index in [1.807, 2.05) is 51.1 Å². The lowest BCUT2D eigenvalue weighted by molar-refractivity contribution is -0.137. The lowest BCUT2D eigenvalue weighted by atomic mass is 9.95. The standard InChI is InChI=1S/C19H25N3O3/c1-19(2,3)18-20-14(12-25-4)11-16(22-18)21-15(17(23)24)10-13-8-6-5-7-9-13/h5-9,11,15H,10,12H2,1-4H3,(H,23,24)(H,20,21,22)/t15-/m0/s1. The minimum absolute atomic E-state index is 0.252. The first kappa shape index (κ1) is 18.9. The van der Waals surface area contributed by atoms with Gasteiger partial charge in [0.05, 0.1) is 12.3 Å². The Bertz CT molecular complexity index is 712. The number of aromatic nitrogens is 2. The predicted molar refractivity (Wildman–Crippen MR) is 96.6 cm³/mol. The van der Waals surface area contributed by atoms with E-state index in [0.717, 1.165) is 5.56 Å². The molecule has 1 atom stereocenters. The first-order valence-electron chi connectivity index (χ1n) is 8.20. The zero-order valence-electron chi connectivity index (χ0n) is 15.1. The molecule has 25 heavy (non-hydrogen) atoms. The number of rotatable bonds is 7. The van der Waals surface area contributed by atoms with Crippen molar-refractivity contribution in [3.05, 3.63) is 53.5 Å². The van der Waals surface area contributed by atoms with Gasteiger partial charge in [-0.1, -0.05) is 51.1 Å². The smallest absolute Gasteiger partial charge is 0.326 e. The highest BCUT2D eigenvalue weighted by Gasteiger charge is 2.22. The number of benzene rings is 1. The highest BCUT2D eigenvalue weighted by atomic mass is 16.5. The lowest BCUT2D eigenvalue weighted by Gasteiger charge is -2.21. The summed E-state index contributed by atoms with van der Waals surface area (Å²) in [5, 5.41) is 12.6. The van der Waals surface area contributed by atoms with Gasteiger partial charge in [0.2, 0.25) is 0 Å². The third-order valence-electron chi connectivity index (χ3n) is 3.65. The Morgan fingerprint density at radius 1 is 1.24 bits per heavy atom. The van der Waals surface area contributed by atoms with Gasteiger partial charge in [-0.25, -0.2) is 14.8 Å². The van der Waals surface area contributed by atoms with Gasteiger partial charge >= 0.3 is 5.97 Å². The van der Waals surface area contributed by atoms with E-state index < -0.39 is 12.0 Å². The molecule has 0 spiro atoms. The number of nitrogens with one attached hydrogen (secondary N) is 1. The zero-order valence-corrected chi connectivity index (χ0v) is 15.1. The van der Waals surface area contributed by atoms with Crippen LogP contribution in [0.1, 0.15) is 37.9 Å². The second kappa shape index (κ2) is 8.07. The highest BCUT2D eigenvalue weighted by Crippen LogP contribution is 2.21. The average Bonchev–Trinajstić information content (AvgIpc) is 2.54. The van der Waals surface area contributed by atoms with Crippen molar-refractivity contribution >= 4 is 11.8 Å². The molecule has 0 saturated carbocycles. The Morgan fingerprint density at radius 2 is 1.92 bits per heavy atom. The molecule has 2 N–H and O–H groups in total. The number of aliphatic carboxylic acids is 1. The van der Waals surface area contributed by atoms with Crippen LogP contribution in [0.2, 0.25) is 0 Å². The Morgan fingerprint density at radius 3 is 2.48 bits per heavy atom. The van der Waals surface area contributed by atoms with Crippen LogP contribution in [0.3, 0.4) is 0 Å². The molecule has 0 fully saturated rings. The summed E-state index contributed by atoms with van der Waals surface area (Å²) >= 11 is 0. The molecule has 0 unspecified atom stereocenters. The third kappa shape index (κ3) is 5.53. The largest absolute Gasteiger partial charge is 0.480 e. The Labute approximate surface area is 148 Å². The molecule has 1 aromatic carbocycles. The number of carboxylic acids is 1. The summed E-state index contributed by atoms with van der Waals surface area (Å²) in [7, 11) is 1.60. The van der Waals surface area contributed by atoms with Crippen LogP contribution in [0.15, 0.2) is 36.4 Å². The van der Waals surface area contributed by atoms with E-state index in [1.54, 1.807) is 13.2 Å². The molecule has 2 aromatic rings. The quantitative estimate of drug-likeness (QED) is 0.804. The molecular weight excluding hydrogens is 318 g/mol. The first-order valence-corrected chi connectivity index (χ1v) is 8.20. The van der Waals surface area contributed by atoms with Crippen LogP contribution in [0.4, 0.5) is 5.82 Å². The minimum Gasteiger partial charge on any atom is -0.480 e. The van der Waals surface area contributed by atoms with Crippen LogP contribution in [0.5, 0.6) is 0 Å². The molecule has 0 aliphatic heterocycles. The number of nitrogens with zero attached hydrogens (tertiary/aromatic N) is 2. The lowest BCUT2D eigenvalue weighted by Crippen LogP contribution is -2.32. The van der Waals surface area contributed by atoms with Gasteiger partial charge in [-0.15, -0.1) is 0 Å². The molecule has 0 amide bonds.